The number of nitrogens with zero attached hydrogens (tertiary/aromatic N) is 15. The van der Waals surface area contributed by atoms with Crippen molar-refractivity contribution in [3.05, 3.63) is 120 Å². The molecular weight excluding hydrogens is 1270 g/mol. The second kappa shape index (κ2) is 27.7. The van der Waals surface area contributed by atoms with Crippen LogP contribution in [0, 0.1) is 17.5 Å². The number of carboxylic acid groups (broad SMARTS) is 3. The number of carboxylic acids is 3. The Balaban J connectivity index is 0.669. The van der Waals surface area contributed by atoms with Crippen LogP contribution in [0.1, 0.15) is 87.7 Å². The number of benzene rings is 3. The molecule has 0 amide bonds. The summed E-state index contributed by atoms with van der Waals surface area (Å²) in [6.07, 6.45) is 8.14. The van der Waals surface area contributed by atoms with Crippen molar-refractivity contribution in [3.63, 3.8) is 0 Å². The van der Waals surface area contributed by atoms with Crippen molar-refractivity contribution in [1.29, 1.82) is 0 Å². The van der Waals surface area contributed by atoms with E-state index in [0.717, 1.165) is 56.7 Å². The topological polar surface area (TPSA) is 431 Å². The zero-order valence-electron chi connectivity index (χ0n) is 53.1. The molecule has 3 saturated heterocycles. The minimum atomic E-state index is -1.37. The van der Waals surface area contributed by atoms with Crippen LogP contribution < -0.4 is 70.7 Å². The molecule has 12 rings (SSSR count). The van der Waals surface area contributed by atoms with Gasteiger partial charge in [0.05, 0.1) is 53.2 Å². The van der Waals surface area contributed by atoms with Crippen LogP contribution in [0.3, 0.4) is 0 Å². The van der Waals surface area contributed by atoms with Crippen molar-refractivity contribution in [3.8, 4) is 0 Å². The molecule has 0 bridgehead atoms. The highest BCUT2D eigenvalue weighted by Crippen LogP contribution is 2.41. The summed E-state index contributed by atoms with van der Waals surface area (Å²) in [5, 5.41) is 32.1. The van der Waals surface area contributed by atoms with Gasteiger partial charge in [0.2, 0.25) is 28.2 Å². The fourth-order valence-corrected chi connectivity index (χ4v) is 12.8. The van der Waals surface area contributed by atoms with E-state index in [0.29, 0.717) is 115 Å². The molecule has 514 valence electrons. The molecule has 16 N–H and O–H groups in total. The van der Waals surface area contributed by atoms with Gasteiger partial charge in [0, 0.05) is 151 Å². The van der Waals surface area contributed by atoms with Crippen molar-refractivity contribution in [2.45, 2.75) is 62.9 Å². The van der Waals surface area contributed by atoms with Gasteiger partial charge < -0.3 is 87.5 Å². The van der Waals surface area contributed by atoms with Gasteiger partial charge in [-0.05, 0) is 74.9 Å². The quantitative estimate of drug-likeness (QED) is 0.0284. The molecule has 1 unspecified atom stereocenters. The predicted octanol–water partition coefficient (Wildman–Crippen LogP) is 0.622. The van der Waals surface area contributed by atoms with E-state index in [9.17, 15) is 44.1 Å². The molecule has 0 radical (unpaired) electrons. The van der Waals surface area contributed by atoms with Crippen LogP contribution in [-0.4, -0.2) is 220 Å². The molecule has 1 atom stereocenters. The van der Waals surface area contributed by atoms with Crippen LogP contribution in [0.15, 0.2) is 94.3 Å². The van der Waals surface area contributed by atoms with E-state index in [-0.39, 0.29) is 101 Å². The van der Waals surface area contributed by atoms with Crippen LogP contribution >= 0.6 is 0 Å². The molecule has 3 saturated carbocycles. The van der Waals surface area contributed by atoms with E-state index in [1.165, 1.54) is 18.6 Å². The number of aromatic carboxylic acids is 3. The van der Waals surface area contributed by atoms with E-state index in [1.54, 1.807) is 41.7 Å². The van der Waals surface area contributed by atoms with Gasteiger partial charge in [-0.15, -0.1) is 0 Å². The van der Waals surface area contributed by atoms with Crippen molar-refractivity contribution in [2.75, 3.05) is 133 Å². The number of pyridine rings is 3. The number of carbonyl (C=O) groups is 3. The summed E-state index contributed by atoms with van der Waals surface area (Å²) in [4.78, 5) is 110. The number of nitrogens with two attached hydrogens (primary N) is 6. The lowest BCUT2D eigenvalue weighted by Crippen LogP contribution is -2.61. The highest BCUT2D eigenvalue weighted by Gasteiger charge is 2.33. The van der Waals surface area contributed by atoms with Crippen LogP contribution in [0.25, 0.3) is 32.7 Å². The molecular formula is C63H77F3N22O9. The smallest absolute Gasteiger partial charge is 0.341 e. The maximum Gasteiger partial charge on any atom is 0.341 e. The number of anilines is 3. The molecule has 6 aliphatic rings. The molecule has 6 aromatic rings. The Morgan fingerprint density at radius 1 is 0.485 bits per heavy atom. The zero-order chi connectivity index (χ0) is 68.7. The number of rotatable bonds is 20. The minimum absolute atomic E-state index is 0.00460. The van der Waals surface area contributed by atoms with Crippen molar-refractivity contribution in [1.82, 2.24) is 38.6 Å². The largest absolute Gasteiger partial charge is 0.477 e. The van der Waals surface area contributed by atoms with E-state index in [4.69, 9.17) is 34.4 Å². The third kappa shape index (κ3) is 14.5. The summed E-state index contributed by atoms with van der Waals surface area (Å²) in [5.41, 5.74) is 37.3. The number of piperazine rings is 3. The van der Waals surface area contributed by atoms with E-state index in [1.807, 2.05) is 24.5 Å². The van der Waals surface area contributed by atoms with E-state index in [2.05, 4.69) is 30.3 Å². The Hall–Kier alpha value is -10.5. The van der Waals surface area contributed by atoms with Crippen molar-refractivity contribution < 1.29 is 42.9 Å². The number of hydrogen-bond acceptors (Lipinski definition) is 15. The highest BCUT2D eigenvalue weighted by atomic mass is 19.1. The summed E-state index contributed by atoms with van der Waals surface area (Å²) < 4.78 is 52.5. The Kier molecular flexibility index (Phi) is 19.0. The second-order valence-corrected chi connectivity index (χ2v) is 25.0. The number of nitrogens with one attached hydrogen (secondary N) is 1. The third-order valence-corrected chi connectivity index (χ3v) is 18.6. The van der Waals surface area contributed by atoms with Gasteiger partial charge in [-0.2, -0.15) is 9.98 Å². The molecule has 0 spiro atoms. The van der Waals surface area contributed by atoms with Crippen molar-refractivity contribution >= 4 is 97.5 Å². The lowest BCUT2D eigenvalue weighted by atomic mass is 10.1. The number of hydrogen-bond donors (Lipinski definition) is 10. The Bertz CT molecular complexity index is 4270. The summed E-state index contributed by atoms with van der Waals surface area (Å²) in [7, 11) is 0. The van der Waals surface area contributed by atoms with Crippen LogP contribution in [0.4, 0.5) is 30.2 Å². The molecule has 3 aromatic heterocycles. The minimum Gasteiger partial charge on any atom is -0.477 e. The van der Waals surface area contributed by atoms with Gasteiger partial charge in [0.15, 0.2) is 17.9 Å². The monoisotopic (exact) mass is 1340 g/mol. The normalized spacial score (nSPS) is 18.5. The lowest BCUT2D eigenvalue weighted by molar-refractivity contribution is 0.0684. The fraction of sp³-hybridized carbons (Fsp3) is 0.444. The van der Waals surface area contributed by atoms with Crippen molar-refractivity contribution in [2.24, 2.45) is 59.4 Å². The number of aliphatic imine (C=N–C) groups is 5. The SMILES string of the molecule is NC(=NCCN(CCN=C(N)N=C(N)N1CCN(c2cc3c(cc2F)c(=O)c(C(=O)O)cn3C2CC2)CC1)CCN=C(N)NC(N)N1CCN(c2cc3c(cc2F)c(=O)c(C(=O)O)cn3C2CC2)CC1)N=C(N)N1CCN(c2cc3c(cc2F)c(=O)c(C(=O)O)cn3C2CC2)CC1. The molecule has 97 heavy (non-hydrogen) atoms. The first-order chi connectivity index (χ1) is 46.5. The molecule has 34 heteroatoms. The average Bonchev–Trinajstić information content (AvgIpc) is 1.34. The molecule has 3 aliphatic heterocycles. The first kappa shape index (κ1) is 66.5. The summed E-state index contributed by atoms with van der Waals surface area (Å²) in [6.45, 7) is 5.81. The average molecular weight is 1340 g/mol. The van der Waals surface area contributed by atoms with Gasteiger partial charge in [-0.3, -0.25) is 44.9 Å². The number of guanidine groups is 5. The van der Waals surface area contributed by atoms with Gasteiger partial charge in [0.1, 0.15) is 40.4 Å². The van der Waals surface area contributed by atoms with Gasteiger partial charge in [-0.25, -0.2) is 27.6 Å². The van der Waals surface area contributed by atoms with Gasteiger partial charge in [0.25, 0.3) is 0 Å². The van der Waals surface area contributed by atoms with Gasteiger partial charge in [-0.1, -0.05) is 0 Å². The summed E-state index contributed by atoms with van der Waals surface area (Å²) >= 11 is 0. The first-order valence-electron chi connectivity index (χ1n) is 32.2. The van der Waals surface area contributed by atoms with E-state index >= 15 is 13.2 Å². The third-order valence-electron chi connectivity index (χ3n) is 18.6. The molecule has 3 aromatic carbocycles. The summed E-state index contributed by atoms with van der Waals surface area (Å²) in [5.74, 6) is -5.98. The Morgan fingerprint density at radius 3 is 1.10 bits per heavy atom. The molecule has 6 fully saturated rings. The number of fused-ring (bicyclic) bond motifs is 3. The fourth-order valence-electron chi connectivity index (χ4n) is 12.8. The number of halogens is 3. The lowest BCUT2D eigenvalue weighted by Gasteiger charge is -2.39. The molecule has 31 nitrogen and oxygen atoms in total. The van der Waals surface area contributed by atoms with Crippen LogP contribution in [0.5, 0.6) is 0 Å². The number of aromatic nitrogens is 3. The maximum atomic E-state index is 15.8. The van der Waals surface area contributed by atoms with Gasteiger partial charge >= 0.3 is 17.9 Å². The van der Waals surface area contributed by atoms with Crippen LogP contribution in [-0.2, 0) is 0 Å². The second-order valence-electron chi connectivity index (χ2n) is 25.0. The zero-order valence-corrected chi connectivity index (χ0v) is 53.1. The molecule has 6 heterocycles. The van der Waals surface area contributed by atoms with E-state index < -0.39 is 74.6 Å². The Labute approximate surface area is 551 Å². The maximum absolute atomic E-state index is 15.8. The molecule has 3 aliphatic carbocycles. The van der Waals surface area contributed by atoms with Crippen LogP contribution in [0.2, 0.25) is 0 Å². The standard InChI is InChI=1S/C63H77F3N22O9/c64-43-25-37-46(86(34-1-2-34)31-40(52(37)89)55(92)93)28-49(43)80-13-19-83(20-14-80)61(70)76-58(67)73-7-10-79(11-8-74-59(68)77-62(71)84-21-15-81(16-22-84)50-29-47-38(26-44(50)65)53(90)41(56(94)95)32-87(47)35-3-4-35)12-9-75-60(69)78-63(72)85-23-17-82(18-24-85)51-30-48-39(27-45(51)66)54(91)42(57(96)97)33-88(48)36-5-6-36/h25-36,61H,1-24,70H2,(H,92,93)(H,94,95)(H,96,97)(H3,67,73,76)(H4,68,71,74,77)(H4,69,72,75,78). The predicted molar refractivity (Wildman–Crippen MR) is 362 cm³/mol. The Morgan fingerprint density at radius 2 is 0.794 bits per heavy atom. The first-order valence-corrected chi connectivity index (χ1v) is 32.2. The summed E-state index contributed by atoms with van der Waals surface area (Å²) in [6, 6.07) is 8.22. The highest BCUT2D eigenvalue weighted by molar-refractivity contribution is 5.97.